The van der Waals surface area contributed by atoms with E-state index < -0.39 is 0 Å². The number of nitrogens with one attached hydrogen (secondary N) is 1. The van der Waals surface area contributed by atoms with Gasteiger partial charge < -0.3 is 11.1 Å². The van der Waals surface area contributed by atoms with Crippen LogP contribution in [0, 0.1) is 0 Å². The summed E-state index contributed by atoms with van der Waals surface area (Å²) in [6, 6.07) is 10.1. The molecule has 1 atom stereocenters. The van der Waals surface area contributed by atoms with Gasteiger partial charge in [-0.25, -0.2) is 0 Å². The topological polar surface area (TPSA) is 55.1 Å². The third-order valence-electron chi connectivity index (χ3n) is 3.45. The lowest BCUT2D eigenvalue weighted by molar-refractivity contribution is -0.115. The zero-order valence-electron chi connectivity index (χ0n) is 10.8. The summed E-state index contributed by atoms with van der Waals surface area (Å²) < 4.78 is 0. The second-order valence-corrected chi connectivity index (χ2v) is 5.98. The van der Waals surface area contributed by atoms with Crippen molar-refractivity contribution in [3.05, 3.63) is 51.2 Å². The minimum absolute atomic E-state index is 0.0603. The molecule has 0 radical (unpaired) electrons. The molecule has 0 fully saturated rings. The Labute approximate surface area is 116 Å². The molecule has 2 heterocycles. The molecule has 1 aromatic heterocycles. The van der Waals surface area contributed by atoms with E-state index in [0.29, 0.717) is 6.42 Å². The van der Waals surface area contributed by atoms with Gasteiger partial charge in [-0.2, -0.15) is 0 Å². The quantitative estimate of drug-likeness (QED) is 0.902. The number of aryl methyl sites for hydroxylation is 1. The van der Waals surface area contributed by atoms with Gasteiger partial charge in [0.1, 0.15) is 0 Å². The largest absolute Gasteiger partial charge is 0.326 e. The van der Waals surface area contributed by atoms with Gasteiger partial charge in [-0.3, -0.25) is 4.79 Å². The Morgan fingerprint density at radius 2 is 2.21 bits per heavy atom. The lowest BCUT2D eigenvalue weighted by atomic mass is 10.0. The highest BCUT2D eigenvalue weighted by Gasteiger charge is 2.19. The minimum atomic E-state index is -0.105. The van der Waals surface area contributed by atoms with E-state index in [4.69, 9.17) is 5.73 Å². The van der Waals surface area contributed by atoms with Crippen molar-refractivity contribution in [2.75, 3.05) is 5.32 Å². The number of carbonyl (C=O) groups is 1. The van der Waals surface area contributed by atoms with Crippen LogP contribution in [0.25, 0.3) is 0 Å². The first kappa shape index (κ1) is 12.4. The Balaban J connectivity index is 1.90. The van der Waals surface area contributed by atoms with Gasteiger partial charge in [-0.15, -0.1) is 11.3 Å². The summed E-state index contributed by atoms with van der Waals surface area (Å²) in [7, 11) is 0. The number of carbonyl (C=O) groups excluding carboxylic acids is 1. The first-order valence-corrected chi connectivity index (χ1v) is 7.26. The van der Waals surface area contributed by atoms with E-state index >= 15 is 0 Å². The molecule has 19 heavy (non-hydrogen) atoms. The maximum atomic E-state index is 11.4. The van der Waals surface area contributed by atoms with Gasteiger partial charge in [0.15, 0.2) is 0 Å². The van der Waals surface area contributed by atoms with Crippen LogP contribution in [-0.4, -0.2) is 5.91 Å². The molecule has 4 heteroatoms. The number of hydrogen-bond acceptors (Lipinski definition) is 3. The van der Waals surface area contributed by atoms with Crippen molar-refractivity contribution in [1.29, 1.82) is 0 Å². The van der Waals surface area contributed by atoms with E-state index in [0.717, 1.165) is 23.2 Å². The van der Waals surface area contributed by atoms with E-state index in [1.165, 1.54) is 9.75 Å². The van der Waals surface area contributed by atoms with E-state index in [2.05, 4.69) is 24.4 Å². The summed E-state index contributed by atoms with van der Waals surface area (Å²) in [6.45, 7) is 2.15. The van der Waals surface area contributed by atoms with Crippen LogP contribution in [0.5, 0.6) is 0 Å². The van der Waals surface area contributed by atoms with Gasteiger partial charge in [0.2, 0.25) is 5.91 Å². The van der Waals surface area contributed by atoms with Gasteiger partial charge in [0, 0.05) is 15.4 Å². The smallest absolute Gasteiger partial charge is 0.228 e. The van der Waals surface area contributed by atoms with Gasteiger partial charge in [-0.05, 0) is 35.7 Å². The van der Waals surface area contributed by atoms with Crippen molar-refractivity contribution in [1.82, 2.24) is 0 Å². The molecular formula is C15H16N2OS. The molecule has 3 rings (SSSR count). The second kappa shape index (κ2) is 4.79. The van der Waals surface area contributed by atoms with Crippen LogP contribution in [0.15, 0.2) is 30.3 Å². The number of hydrogen-bond donors (Lipinski definition) is 2. The summed E-state index contributed by atoms with van der Waals surface area (Å²) in [5, 5.41) is 2.84. The first-order chi connectivity index (χ1) is 9.17. The predicted molar refractivity (Wildman–Crippen MR) is 78.5 cm³/mol. The Morgan fingerprint density at radius 1 is 1.37 bits per heavy atom. The molecule has 98 valence electrons. The number of anilines is 1. The third-order valence-corrected chi connectivity index (χ3v) is 4.76. The fraction of sp³-hybridized carbons (Fsp3) is 0.267. The number of amides is 1. The van der Waals surface area contributed by atoms with Crippen molar-refractivity contribution in [2.24, 2.45) is 5.73 Å². The molecule has 0 bridgehead atoms. The van der Waals surface area contributed by atoms with E-state index in [1.807, 2.05) is 18.2 Å². The van der Waals surface area contributed by atoms with E-state index in [-0.39, 0.29) is 11.9 Å². The van der Waals surface area contributed by atoms with Gasteiger partial charge in [-0.1, -0.05) is 19.1 Å². The number of benzene rings is 1. The Hall–Kier alpha value is -1.65. The summed E-state index contributed by atoms with van der Waals surface area (Å²) >= 11 is 1.76. The van der Waals surface area contributed by atoms with Gasteiger partial charge in [0.25, 0.3) is 0 Å². The minimum Gasteiger partial charge on any atom is -0.326 e. The van der Waals surface area contributed by atoms with Crippen molar-refractivity contribution >= 4 is 22.9 Å². The zero-order chi connectivity index (χ0) is 13.4. The Morgan fingerprint density at radius 3 is 2.95 bits per heavy atom. The summed E-state index contributed by atoms with van der Waals surface area (Å²) in [5.74, 6) is 0.0603. The summed E-state index contributed by atoms with van der Waals surface area (Å²) in [5.41, 5.74) is 9.35. The Bertz CT molecular complexity index is 633. The van der Waals surface area contributed by atoms with Crippen LogP contribution in [0.1, 0.15) is 33.8 Å². The van der Waals surface area contributed by atoms with Gasteiger partial charge in [0.05, 0.1) is 12.5 Å². The molecule has 1 amide bonds. The average Bonchev–Trinajstić information content (AvgIpc) is 3.01. The maximum Gasteiger partial charge on any atom is 0.228 e. The highest BCUT2D eigenvalue weighted by molar-refractivity contribution is 7.12. The van der Waals surface area contributed by atoms with Crippen LogP contribution < -0.4 is 11.1 Å². The summed E-state index contributed by atoms with van der Waals surface area (Å²) in [6.07, 6.45) is 1.50. The monoisotopic (exact) mass is 272 g/mol. The normalized spacial score (nSPS) is 15.2. The zero-order valence-corrected chi connectivity index (χ0v) is 11.6. The molecule has 0 saturated heterocycles. The molecule has 1 unspecified atom stereocenters. The molecule has 1 aliphatic rings. The highest BCUT2D eigenvalue weighted by atomic mass is 32.1. The van der Waals surface area contributed by atoms with Crippen molar-refractivity contribution in [3.63, 3.8) is 0 Å². The fourth-order valence-corrected chi connectivity index (χ4v) is 3.34. The SMILES string of the molecule is CCc1ccc(C(N)c2ccc3c(c2)CC(=O)N3)s1. The lowest BCUT2D eigenvalue weighted by Crippen LogP contribution is -2.10. The number of rotatable bonds is 3. The molecule has 1 aromatic carbocycles. The van der Waals surface area contributed by atoms with E-state index in [9.17, 15) is 4.79 Å². The number of fused-ring (bicyclic) bond motifs is 1. The van der Waals surface area contributed by atoms with Crippen LogP contribution in [0.3, 0.4) is 0 Å². The van der Waals surface area contributed by atoms with Crippen molar-refractivity contribution < 1.29 is 4.79 Å². The second-order valence-electron chi connectivity index (χ2n) is 4.78. The van der Waals surface area contributed by atoms with E-state index in [1.54, 1.807) is 11.3 Å². The first-order valence-electron chi connectivity index (χ1n) is 6.44. The average molecular weight is 272 g/mol. The molecule has 0 aliphatic carbocycles. The molecule has 0 spiro atoms. The summed E-state index contributed by atoms with van der Waals surface area (Å²) in [4.78, 5) is 13.9. The Kier molecular flexibility index (Phi) is 3.12. The molecular weight excluding hydrogens is 256 g/mol. The van der Waals surface area contributed by atoms with Crippen LogP contribution in [0.4, 0.5) is 5.69 Å². The fourth-order valence-electron chi connectivity index (χ4n) is 2.36. The molecule has 3 nitrogen and oxygen atoms in total. The number of nitrogens with two attached hydrogens (primary N) is 1. The predicted octanol–water partition coefficient (Wildman–Crippen LogP) is 2.85. The van der Waals surface area contributed by atoms with Crippen molar-refractivity contribution in [3.8, 4) is 0 Å². The highest BCUT2D eigenvalue weighted by Crippen LogP contribution is 2.31. The van der Waals surface area contributed by atoms with Crippen molar-refractivity contribution in [2.45, 2.75) is 25.8 Å². The number of thiophene rings is 1. The molecule has 2 aromatic rings. The van der Waals surface area contributed by atoms with Crippen LogP contribution in [-0.2, 0) is 17.6 Å². The molecule has 0 saturated carbocycles. The van der Waals surface area contributed by atoms with Crippen LogP contribution in [0.2, 0.25) is 0 Å². The molecule has 1 aliphatic heterocycles. The van der Waals surface area contributed by atoms with Crippen LogP contribution >= 0.6 is 11.3 Å². The maximum absolute atomic E-state index is 11.4. The lowest BCUT2D eigenvalue weighted by Gasteiger charge is -2.11. The third kappa shape index (κ3) is 2.29. The van der Waals surface area contributed by atoms with Gasteiger partial charge >= 0.3 is 0 Å². The standard InChI is InChI=1S/C15H16N2OS/c1-2-11-4-6-13(19-11)15(16)9-3-5-12-10(7-9)8-14(18)17-12/h3-7,15H,2,8,16H2,1H3,(H,17,18). The molecule has 3 N–H and O–H groups in total.